The minimum absolute atomic E-state index is 0.0841. The number of hydrogen-bond donors (Lipinski definition) is 0. The molecule has 0 bridgehead atoms. The Hall–Kier alpha value is 0.492. The number of rotatable bonds is 6. The zero-order valence-electron chi connectivity index (χ0n) is 11.1. The van der Waals surface area contributed by atoms with E-state index in [0.717, 1.165) is 28.5 Å². The van der Waals surface area contributed by atoms with Gasteiger partial charge in [-0.1, -0.05) is 27.7 Å². The highest BCUT2D eigenvalue weighted by molar-refractivity contribution is 5.98. The molecule has 0 unspecified atom stereocenters. The molecule has 0 aromatic carbocycles. The van der Waals surface area contributed by atoms with Crippen LogP contribution in [0.3, 0.4) is 0 Å². The van der Waals surface area contributed by atoms with Crippen LogP contribution in [0.4, 0.5) is 0 Å². The highest BCUT2D eigenvalue weighted by atomic mass is 27.1. The second kappa shape index (κ2) is 6.16. The average molecular weight is 214 g/mol. The fourth-order valence-electron chi connectivity index (χ4n) is 1.97. The second-order valence-corrected chi connectivity index (χ2v) is 6.17. The molecule has 14 heavy (non-hydrogen) atoms. The van der Waals surface area contributed by atoms with Crippen LogP contribution in [0.5, 0.6) is 0 Å². The van der Waals surface area contributed by atoms with Crippen LogP contribution in [0, 0.1) is 17.8 Å². The first kappa shape index (κ1) is 14.5. The van der Waals surface area contributed by atoms with Crippen molar-refractivity contribution < 1.29 is 3.79 Å². The maximum absolute atomic E-state index is 5.74. The molecule has 0 fully saturated rings. The summed E-state index contributed by atoms with van der Waals surface area (Å²) in [6.45, 7) is 13.7. The lowest BCUT2D eigenvalue weighted by molar-refractivity contribution is 0.0308. The van der Waals surface area contributed by atoms with Gasteiger partial charge >= 0.3 is 16.6 Å². The van der Waals surface area contributed by atoms with Crippen LogP contribution in [0.1, 0.15) is 54.4 Å². The van der Waals surface area contributed by atoms with Crippen molar-refractivity contribution >= 4 is 16.6 Å². The Kier molecular flexibility index (Phi) is 6.37. The molecule has 0 spiro atoms. The summed E-state index contributed by atoms with van der Waals surface area (Å²) in [6.07, 6.45) is 2.57. The summed E-state index contributed by atoms with van der Waals surface area (Å²) < 4.78 is 5.74. The molecule has 0 saturated heterocycles. The van der Waals surface area contributed by atoms with E-state index in [-0.39, 0.29) is 5.60 Å². The summed E-state index contributed by atoms with van der Waals surface area (Å²) in [4.78, 5) is 0. The van der Waals surface area contributed by atoms with E-state index in [1.54, 1.807) is 0 Å². The molecule has 0 aliphatic carbocycles. The summed E-state index contributed by atoms with van der Waals surface area (Å²) in [5.41, 5.74) is 0.0841. The van der Waals surface area contributed by atoms with Gasteiger partial charge in [0, 0.05) is 5.60 Å². The monoisotopic (exact) mass is 214 g/mol. The highest BCUT2D eigenvalue weighted by Gasteiger charge is 2.28. The summed E-state index contributed by atoms with van der Waals surface area (Å²) in [7, 11) is 0. The van der Waals surface area contributed by atoms with Gasteiger partial charge in [-0.25, -0.2) is 0 Å². The van der Waals surface area contributed by atoms with Gasteiger partial charge in [0.05, 0.1) is 0 Å². The van der Waals surface area contributed by atoms with E-state index in [9.17, 15) is 0 Å². The predicted molar refractivity (Wildman–Crippen MR) is 66.1 cm³/mol. The van der Waals surface area contributed by atoms with E-state index in [4.69, 9.17) is 3.79 Å². The Bertz CT molecular complexity index is 142. The molecule has 0 aliphatic heterocycles. The first-order chi connectivity index (χ1) is 6.29. The van der Waals surface area contributed by atoms with Crippen molar-refractivity contribution in [3.63, 3.8) is 0 Å². The number of hydrogen-bond acceptors (Lipinski definition) is 1. The molecule has 0 saturated carbocycles. The first-order valence-electron chi connectivity index (χ1n) is 5.84. The van der Waals surface area contributed by atoms with Crippen molar-refractivity contribution in [2.24, 2.45) is 17.8 Å². The fourth-order valence-corrected chi connectivity index (χ4v) is 2.30. The third-order valence-electron chi connectivity index (χ3n) is 3.02. The van der Waals surface area contributed by atoms with Crippen molar-refractivity contribution in [3.8, 4) is 0 Å². The molecular weight excluding hydrogens is 187 g/mol. The maximum Gasteiger partial charge on any atom is 0.410 e. The molecule has 0 rings (SSSR count). The van der Waals surface area contributed by atoms with E-state index >= 15 is 0 Å². The molecule has 0 radical (unpaired) electrons. The highest BCUT2D eigenvalue weighted by Crippen LogP contribution is 2.31. The van der Waals surface area contributed by atoms with E-state index in [2.05, 4.69) is 41.5 Å². The quantitative estimate of drug-likeness (QED) is 0.617. The largest absolute Gasteiger partial charge is 0.501 e. The average Bonchev–Trinajstić information content (AvgIpc) is 2.01. The van der Waals surface area contributed by atoms with Gasteiger partial charge in [-0.15, -0.1) is 0 Å². The molecule has 0 atom stereocenters. The van der Waals surface area contributed by atoms with Crippen molar-refractivity contribution in [2.75, 3.05) is 0 Å². The van der Waals surface area contributed by atoms with Gasteiger partial charge in [0.2, 0.25) is 0 Å². The summed E-state index contributed by atoms with van der Waals surface area (Å²) in [6, 6.07) is 0. The van der Waals surface area contributed by atoms with Crippen molar-refractivity contribution in [2.45, 2.75) is 60.0 Å². The van der Waals surface area contributed by atoms with Gasteiger partial charge in [-0.05, 0) is 44.4 Å². The van der Waals surface area contributed by atoms with Crippen LogP contribution in [0.2, 0.25) is 0 Å². The van der Waals surface area contributed by atoms with Crippen molar-refractivity contribution in [1.82, 2.24) is 0 Å². The van der Waals surface area contributed by atoms with Gasteiger partial charge in [0.1, 0.15) is 0 Å². The smallest absolute Gasteiger partial charge is 0.410 e. The van der Waals surface area contributed by atoms with Crippen LogP contribution < -0.4 is 0 Å². The topological polar surface area (TPSA) is 9.23 Å². The summed E-state index contributed by atoms with van der Waals surface area (Å²) in [5.74, 6) is 2.25. The van der Waals surface area contributed by atoms with Crippen molar-refractivity contribution in [1.29, 1.82) is 0 Å². The Morgan fingerprint density at radius 2 is 1.36 bits per heavy atom. The maximum atomic E-state index is 5.74. The third-order valence-corrected chi connectivity index (χ3v) is 4.07. The zero-order valence-corrected chi connectivity index (χ0v) is 13.1. The van der Waals surface area contributed by atoms with Gasteiger partial charge < -0.3 is 3.79 Å². The molecule has 0 aliphatic rings. The van der Waals surface area contributed by atoms with Crippen LogP contribution in [-0.2, 0) is 3.79 Å². The Morgan fingerprint density at radius 1 is 1.00 bits per heavy atom. The Balaban J connectivity index is 4.38. The Labute approximate surface area is 98.4 Å². The molecule has 0 aromatic rings. The second-order valence-electron chi connectivity index (χ2n) is 5.76. The fraction of sp³-hybridized carbons (Fsp3) is 1.00. The first-order valence-corrected chi connectivity index (χ1v) is 6.66. The lowest BCUT2D eigenvalue weighted by Gasteiger charge is -2.37. The minimum Gasteiger partial charge on any atom is -0.501 e. The zero-order chi connectivity index (χ0) is 11.4. The van der Waals surface area contributed by atoms with Gasteiger partial charge in [0.25, 0.3) is 0 Å². The van der Waals surface area contributed by atoms with Crippen LogP contribution in [0.15, 0.2) is 0 Å². The lowest BCUT2D eigenvalue weighted by Crippen LogP contribution is -2.35. The molecule has 1 nitrogen and oxygen atoms in total. The Morgan fingerprint density at radius 3 is 1.57 bits per heavy atom. The standard InChI is InChI=1S/C12H25O.Al.2H/c1-9(2)7-11(8-10(3)4)12(5,6)13;;;/h9-11H,7-8H2,1-6H3;;;/q-1;+1;;. The van der Waals surface area contributed by atoms with Crippen LogP contribution in [0.25, 0.3) is 0 Å². The molecule has 2 heteroatoms. The van der Waals surface area contributed by atoms with E-state index in [1.807, 2.05) is 0 Å². The van der Waals surface area contributed by atoms with Crippen LogP contribution >= 0.6 is 0 Å². The normalized spacial score (nSPS) is 13.2. The lowest BCUT2D eigenvalue weighted by atomic mass is 9.79. The van der Waals surface area contributed by atoms with E-state index in [1.165, 1.54) is 12.8 Å². The molecule has 0 heterocycles. The summed E-state index contributed by atoms with van der Waals surface area (Å²) >= 11 is 0.846. The van der Waals surface area contributed by atoms with E-state index < -0.39 is 0 Å². The molecule has 0 N–H and O–H groups in total. The molecule has 0 amide bonds. The van der Waals surface area contributed by atoms with Gasteiger partial charge in [-0.3, -0.25) is 0 Å². The molecule has 84 valence electrons. The van der Waals surface area contributed by atoms with Gasteiger partial charge in [0.15, 0.2) is 0 Å². The summed E-state index contributed by atoms with van der Waals surface area (Å²) in [5, 5.41) is 0. The minimum atomic E-state index is 0.0841. The van der Waals surface area contributed by atoms with Crippen LogP contribution in [-0.4, -0.2) is 22.2 Å². The third kappa shape index (κ3) is 5.39. The molecular formula is C12H27AlO. The SMILES string of the molecule is CC(C)CC(CC(C)C)C(C)(C)[O][AlH2]. The van der Waals surface area contributed by atoms with E-state index in [0.29, 0.717) is 5.92 Å². The predicted octanol–water partition coefficient (Wildman–Crippen LogP) is 3.04. The molecule has 0 aromatic heterocycles. The van der Waals surface area contributed by atoms with Gasteiger partial charge in [-0.2, -0.15) is 0 Å². The van der Waals surface area contributed by atoms with Crippen molar-refractivity contribution in [3.05, 3.63) is 0 Å².